The number of hydrogen-bond donors (Lipinski definition) is 2. The van der Waals surface area contributed by atoms with Crippen molar-refractivity contribution in [2.45, 2.75) is 60.2 Å². The highest BCUT2D eigenvalue weighted by Crippen LogP contribution is 2.36. The van der Waals surface area contributed by atoms with Gasteiger partial charge in [-0.2, -0.15) is 5.10 Å². The van der Waals surface area contributed by atoms with E-state index in [0.717, 1.165) is 12.7 Å². The van der Waals surface area contributed by atoms with Gasteiger partial charge in [-0.05, 0) is 57.0 Å². The number of carbonyl (C=O) groups excluding carboxylic acids is 2. The first-order valence-corrected chi connectivity index (χ1v) is 13.2. The molecule has 2 heterocycles. The van der Waals surface area contributed by atoms with E-state index >= 15 is 0 Å². The fraction of sp³-hybridized carbons (Fsp3) is 0.414. The maximum Gasteiger partial charge on any atom is 0.256 e. The molecule has 0 aliphatic heterocycles. The van der Waals surface area contributed by atoms with Gasteiger partial charge in [-0.1, -0.05) is 37.6 Å². The molecule has 0 fully saturated rings. The van der Waals surface area contributed by atoms with Crippen LogP contribution in [0.1, 0.15) is 66.5 Å². The molecule has 3 rings (SSSR count). The molecule has 40 heavy (non-hydrogen) atoms. The number of nitrogens with one attached hydrogen (secondary N) is 1. The standard InChI is InChI=1S/C26H30ClN5O4.C2H6.CH4O/c1-15(2)30-25(33)23(22-16(3)12-28-17(4)24(22)36-6)32(14-18-7-9-20(35-5)10-8-18)26(34)19-11-21(27)31-29-13-19;2*1-2/h7-13,15,23H,14H2,1-6H3,(H,30,33);1-2H3;2H,1H3. The molecule has 1 aromatic carbocycles. The van der Waals surface area contributed by atoms with Gasteiger partial charge in [-0.25, -0.2) is 0 Å². The molecule has 3 aromatic rings. The lowest BCUT2D eigenvalue weighted by atomic mass is 9.96. The third-order valence-electron chi connectivity index (χ3n) is 5.56. The van der Waals surface area contributed by atoms with E-state index in [9.17, 15) is 9.59 Å². The number of benzene rings is 1. The molecule has 0 spiro atoms. The van der Waals surface area contributed by atoms with Gasteiger partial charge >= 0.3 is 0 Å². The number of amides is 2. The number of aliphatic hydroxyl groups is 1. The Bertz CT molecular complexity index is 1240. The van der Waals surface area contributed by atoms with Crippen LogP contribution in [0.25, 0.3) is 0 Å². The summed E-state index contributed by atoms with van der Waals surface area (Å²) in [6, 6.07) is 7.52. The van der Waals surface area contributed by atoms with Gasteiger partial charge in [0, 0.05) is 31.5 Å². The van der Waals surface area contributed by atoms with Crippen molar-refractivity contribution in [3.8, 4) is 11.5 Å². The summed E-state index contributed by atoms with van der Waals surface area (Å²) in [4.78, 5) is 33.6. The Balaban J connectivity index is 0.00000191. The number of aromatic nitrogens is 3. The van der Waals surface area contributed by atoms with Crippen LogP contribution < -0.4 is 14.8 Å². The number of pyridine rings is 1. The Labute approximate surface area is 241 Å². The van der Waals surface area contributed by atoms with Crippen molar-refractivity contribution < 1.29 is 24.2 Å². The Morgan fingerprint density at radius 1 is 1.05 bits per heavy atom. The first-order valence-electron chi connectivity index (χ1n) is 12.8. The minimum Gasteiger partial charge on any atom is -0.497 e. The molecule has 0 saturated heterocycles. The summed E-state index contributed by atoms with van der Waals surface area (Å²) in [5.41, 5.74) is 2.86. The number of rotatable bonds is 9. The number of aryl methyl sites for hydroxylation is 2. The maximum atomic E-state index is 14.0. The molecule has 1 atom stereocenters. The third kappa shape index (κ3) is 8.89. The van der Waals surface area contributed by atoms with E-state index in [1.54, 1.807) is 32.4 Å². The van der Waals surface area contributed by atoms with E-state index < -0.39 is 11.9 Å². The van der Waals surface area contributed by atoms with Gasteiger partial charge in [-0.3, -0.25) is 14.6 Å². The van der Waals surface area contributed by atoms with Crippen molar-refractivity contribution in [1.82, 2.24) is 25.4 Å². The van der Waals surface area contributed by atoms with Crippen molar-refractivity contribution in [2.75, 3.05) is 21.3 Å². The largest absolute Gasteiger partial charge is 0.497 e. The summed E-state index contributed by atoms with van der Waals surface area (Å²) in [6.07, 6.45) is 3.00. The van der Waals surface area contributed by atoms with Crippen molar-refractivity contribution in [2.24, 2.45) is 0 Å². The molecule has 2 N–H and O–H groups in total. The molecular weight excluding hydrogens is 534 g/mol. The second-order valence-electron chi connectivity index (χ2n) is 8.59. The summed E-state index contributed by atoms with van der Waals surface area (Å²) in [7, 11) is 4.10. The number of nitrogens with zero attached hydrogens (tertiary/aromatic N) is 4. The van der Waals surface area contributed by atoms with Gasteiger partial charge in [0.2, 0.25) is 5.91 Å². The first kappa shape index (κ1) is 34.3. The van der Waals surface area contributed by atoms with Crippen LogP contribution in [0, 0.1) is 13.8 Å². The zero-order chi connectivity index (χ0) is 30.4. The van der Waals surface area contributed by atoms with E-state index in [2.05, 4.69) is 20.5 Å². The highest BCUT2D eigenvalue weighted by atomic mass is 35.5. The number of ether oxygens (including phenoxy) is 2. The van der Waals surface area contributed by atoms with Gasteiger partial charge in [0.05, 0.1) is 31.7 Å². The summed E-state index contributed by atoms with van der Waals surface area (Å²) < 4.78 is 11.0. The summed E-state index contributed by atoms with van der Waals surface area (Å²) in [6.45, 7) is 11.5. The topological polar surface area (TPSA) is 127 Å². The van der Waals surface area contributed by atoms with E-state index in [0.29, 0.717) is 28.3 Å². The maximum absolute atomic E-state index is 14.0. The predicted octanol–water partition coefficient (Wildman–Crippen LogP) is 4.70. The van der Waals surface area contributed by atoms with Gasteiger partial charge in [-0.15, -0.1) is 5.10 Å². The van der Waals surface area contributed by atoms with Crippen LogP contribution >= 0.6 is 11.6 Å². The van der Waals surface area contributed by atoms with Crippen molar-refractivity contribution in [3.05, 3.63) is 75.8 Å². The van der Waals surface area contributed by atoms with Crippen molar-refractivity contribution in [1.29, 1.82) is 0 Å². The van der Waals surface area contributed by atoms with Crippen LogP contribution in [0.2, 0.25) is 5.15 Å². The quantitative estimate of drug-likeness (QED) is 0.377. The molecule has 2 amide bonds. The van der Waals surface area contributed by atoms with Gasteiger partial charge < -0.3 is 24.8 Å². The molecule has 0 aliphatic carbocycles. The number of carbonyl (C=O) groups is 2. The van der Waals surface area contributed by atoms with Gasteiger partial charge in [0.1, 0.15) is 17.5 Å². The Kier molecular flexibility index (Phi) is 14.6. The normalized spacial score (nSPS) is 10.8. The summed E-state index contributed by atoms with van der Waals surface area (Å²) in [5.74, 6) is 0.324. The number of aliphatic hydroxyl groups excluding tert-OH is 1. The fourth-order valence-corrected chi connectivity index (χ4v) is 4.08. The smallest absolute Gasteiger partial charge is 0.256 e. The van der Waals surface area contributed by atoms with Crippen LogP contribution in [-0.4, -0.2) is 64.4 Å². The summed E-state index contributed by atoms with van der Waals surface area (Å²) >= 11 is 6.04. The molecule has 0 bridgehead atoms. The molecule has 218 valence electrons. The molecule has 0 radical (unpaired) electrons. The Hall–Kier alpha value is -3.76. The van der Waals surface area contributed by atoms with Crippen molar-refractivity contribution >= 4 is 23.4 Å². The molecular formula is C29H40ClN5O5. The molecule has 0 aliphatic rings. The first-order chi connectivity index (χ1) is 19.2. The molecule has 1 unspecified atom stereocenters. The number of hydrogen-bond acceptors (Lipinski definition) is 8. The monoisotopic (exact) mass is 573 g/mol. The Morgan fingerprint density at radius 3 is 2.20 bits per heavy atom. The second kappa shape index (κ2) is 17.0. The molecule has 11 heteroatoms. The van der Waals surface area contributed by atoms with E-state index in [1.165, 1.54) is 24.3 Å². The molecule has 0 saturated carbocycles. The average molecular weight is 574 g/mol. The number of methoxy groups -OCH3 is 2. The minimum absolute atomic E-state index is 0.0712. The second-order valence-corrected chi connectivity index (χ2v) is 8.97. The molecule has 2 aromatic heterocycles. The van der Waals surface area contributed by atoms with Crippen LogP contribution in [0.4, 0.5) is 0 Å². The highest BCUT2D eigenvalue weighted by Gasteiger charge is 2.36. The average Bonchev–Trinajstić information content (AvgIpc) is 2.96. The number of halogens is 1. The lowest BCUT2D eigenvalue weighted by Crippen LogP contribution is -2.45. The lowest BCUT2D eigenvalue weighted by Gasteiger charge is -2.34. The van der Waals surface area contributed by atoms with Gasteiger partial charge in [0.25, 0.3) is 5.91 Å². The zero-order valence-electron chi connectivity index (χ0n) is 24.7. The predicted molar refractivity (Wildman–Crippen MR) is 156 cm³/mol. The minimum atomic E-state index is -1.04. The van der Waals surface area contributed by atoms with Crippen LogP contribution in [-0.2, 0) is 11.3 Å². The van der Waals surface area contributed by atoms with Crippen LogP contribution in [0.3, 0.4) is 0 Å². The lowest BCUT2D eigenvalue weighted by molar-refractivity contribution is -0.126. The van der Waals surface area contributed by atoms with Crippen LogP contribution in [0.15, 0.2) is 42.7 Å². The van der Waals surface area contributed by atoms with E-state index in [4.69, 9.17) is 26.2 Å². The van der Waals surface area contributed by atoms with Crippen LogP contribution in [0.5, 0.6) is 11.5 Å². The van der Waals surface area contributed by atoms with E-state index in [1.807, 2.05) is 46.8 Å². The van der Waals surface area contributed by atoms with E-state index in [-0.39, 0.29) is 29.2 Å². The van der Waals surface area contributed by atoms with Crippen molar-refractivity contribution in [3.63, 3.8) is 0 Å². The Morgan fingerprint density at radius 2 is 1.68 bits per heavy atom. The van der Waals surface area contributed by atoms with Gasteiger partial charge in [0.15, 0.2) is 5.15 Å². The fourth-order valence-electron chi connectivity index (χ4n) is 3.92. The highest BCUT2D eigenvalue weighted by molar-refractivity contribution is 6.29. The SMILES string of the molecule is CC.CO.COc1ccc(CN(C(=O)c2cnnc(Cl)c2)C(C(=O)NC(C)C)c2c(C)cnc(C)c2OC)cc1. The molecule has 10 nitrogen and oxygen atoms in total. The summed E-state index contributed by atoms with van der Waals surface area (Å²) in [5, 5.41) is 17.6. The third-order valence-corrected chi connectivity index (χ3v) is 5.75. The zero-order valence-corrected chi connectivity index (χ0v) is 25.4.